The van der Waals surface area contributed by atoms with Gasteiger partial charge < -0.3 is 13.9 Å². The summed E-state index contributed by atoms with van der Waals surface area (Å²) >= 11 is 0. The third-order valence-electron chi connectivity index (χ3n) is 5.04. The van der Waals surface area contributed by atoms with Gasteiger partial charge in [-0.05, 0) is 37.1 Å². The normalized spacial score (nSPS) is 11.8. The fourth-order valence-corrected chi connectivity index (χ4v) is 3.55. The maximum Gasteiger partial charge on any atom is 0.352 e. The molecule has 3 aromatic carbocycles. The van der Waals surface area contributed by atoms with Gasteiger partial charge in [0.2, 0.25) is 6.10 Å². The molecule has 1 aromatic heterocycles. The van der Waals surface area contributed by atoms with Gasteiger partial charge in [-0.2, -0.15) is 0 Å². The maximum absolute atomic E-state index is 12.6. The summed E-state index contributed by atoms with van der Waals surface area (Å²) in [5, 5.41) is 0.794. The van der Waals surface area contributed by atoms with E-state index in [1.165, 1.54) is 6.07 Å². The molecule has 31 heavy (non-hydrogen) atoms. The van der Waals surface area contributed by atoms with E-state index in [1.54, 1.807) is 13.0 Å². The zero-order valence-electron chi connectivity index (χ0n) is 17.3. The third kappa shape index (κ3) is 4.21. The van der Waals surface area contributed by atoms with E-state index >= 15 is 0 Å². The molecule has 1 heterocycles. The molecule has 0 saturated carbocycles. The molecule has 0 N–H and O–H groups in total. The summed E-state index contributed by atoms with van der Waals surface area (Å²) in [4.78, 5) is 24.9. The van der Waals surface area contributed by atoms with Gasteiger partial charge in [0.1, 0.15) is 11.3 Å². The van der Waals surface area contributed by atoms with Gasteiger partial charge >= 0.3 is 11.6 Å². The van der Waals surface area contributed by atoms with E-state index in [2.05, 4.69) is 0 Å². The molecule has 1 unspecified atom stereocenters. The Morgan fingerprint density at radius 1 is 0.968 bits per heavy atom. The molecule has 0 radical (unpaired) electrons. The molecule has 1 atom stereocenters. The second-order valence-electron chi connectivity index (χ2n) is 7.07. The molecule has 0 fully saturated rings. The number of benzene rings is 3. The van der Waals surface area contributed by atoms with E-state index in [-0.39, 0.29) is 6.61 Å². The average molecular weight is 414 g/mol. The van der Waals surface area contributed by atoms with Gasteiger partial charge in [-0.15, -0.1) is 0 Å². The minimum atomic E-state index is -0.929. The number of hydrogen-bond donors (Lipinski definition) is 0. The molecule has 0 saturated heterocycles. The smallest absolute Gasteiger partial charge is 0.352 e. The van der Waals surface area contributed by atoms with Crippen molar-refractivity contribution in [2.24, 2.45) is 0 Å². The van der Waals surface area contributed by atoms with Crippen LogP contribution in [0.15, 0.2) is 88.1 Å². The predicted octanol–water partition coefficient (Wildman–Crippen LogP) is 5.45. The Labute approximate surface area is 179 Å². The molecule has 5 nitrogen and oxygen atoms in total. The van der Waals surface area contributed by atoms with Gasteiger partial charge in [0.15, 0.2) is 0 Å². The lowest BCUT2D eigenvalue weighted by Crippen LogP contribution is -2.21. The van der Waals surface area contributed by atoms with E-state index < -0.39 is 17.7 Å². The molecule has 4 rings (SSSR count). The van der Waals surface area contributed by atoms with E-state index in [1.807, 2.05) is 73.7 Å². The second-order valence-corrected chi connectivity index (χ2v) is 7.07. The highest BCUT2D eigenvalue weighted by Crippen LogP contribution is 2.35. The van der Waals surface area contributed by atoms with Crippen molar-refractivity contribution in [2.45, 2.75) is 20.0 Å². The van der Waals surface area contributed by atoms with Crippen LogP contribution in [-0.4, -0.2) is 12.6 Å². The van der Waals surface area contributed by atoms with Gasteiger partial charge in [-0.25, -0.2) is 9.59 Å². The van der Waals surface area contributed by atoms with Gasteiger partial charge in [-0.1, -0.05) is 60.7 Å². The number of carbonyl (C=O) groups is 1. The van der Waals surface area contributed by atoms with E-state index in [4.69, 9.17) is 13.9 Å². The zero-order chi connectivity index (χ0) is 21.8. The number of hydrogen-bond acceptors (Lipinski definition) is 5. The maximum atomic E-state index is 12.6. The topological polar surface area (TPSA) is 65.7 Å². The Kier molecular flexibility index (Phi) is 5.85. The molecule has 0 amide bonds. The standard InChI is InChI=1S/C26H22O5/c1-3-29-26(28)25(19-12-8-5-9-13-19)30-22-15-14-20-21(18-10-6-4-7-11-18)16-23(27)31-24(20)17(22)2/h4-16,25H,3H2,1-2H3. The molecule has 0 spiro atoms. The van der Waals surface area contributed by atoms with Crippen LogP contribution in [-0.2, 0) is 9.53 Å². The van der Waals surface area contributed by atoms with Crippen molar-refractivity contribution in [1.82, 2.24) is 0 Å². The SMILES string of the molecule is CCOC(=O)C(Oc1ccc2c(-c3ccccc3)cc(=O)oc2c1C)c1ccccc1. The van der Waals surface area contributed by atoms with Crippen LogP contribution in [0.5, 0.6) is 5.75 Å². The van der Waals surface area contributed by atoms with Crippen LogP contribution in [0.2, 0.25) is 0 Å². The van der Waals surface area contributed by atoms with Gasteiger partial charge in [0.05, 0.1) is 6.61 Å². The quantitative estimate of drug-likeness (QED) is 0.310. The van der Waals surface area contributed by atoms with Crippen LogP contribution < -0.4 is 10.4 Å². The summed E-state index contributed by atoms with van der Waals surface area (Å²) in [5.41, 5.74) is 3.00. The van der Waals surface area contributed by atoms with Crippen molar-refractivity contribution >= 4 is 16.9 Å². The highest BCUT2D eigenvalue weighted by molar-refractivity contribution is 5.95. The molecule has 0 aliphatic carbocycles. The lowest BCUT2D eigenvalue weighted by atomic mass is 10.00. The molecular formula is C26H22O5. The molecule has 0 aliphatic rings. The summed E-state index contributed by atoms with van der Waals surface area (Å²) in [6.07, 6.45) is -0.929. The Bertz CT molecular complexity index is 1260. The van der Waals surface area contributed by atoms with Gasteiger partial charge in [0, 0.05) is 22.6 Å². The van der Waals surface area contributed by atoms with E-state index in [0.29, 0.717) is 22.5 Å². The highest BCUT2D eigenvalue weighted by atomic mass is 16.6. The largest absolute Gasteiger partial charge is 0.474 e. The highest BCUT2D eigenvalue weighted by Gasteiger charge is 2.25. The fraction of sp³-hybridized carbons (Fsp3) is 0.154. The van der Waals surface area contributed by atoms with E-state index in [9.17, 15) is 9.59 Å². The Morgan fingerprint density at radius 2 is 1.65 bits per heavy atom. The number of fused-ring (bicyclic) bond motifs is 1. The van der Waals surface area contributed by atoms with Crippen LogP contribution in [0.4, 0.5) is 0 Å². The summed E-state index contributed by atoms with van der Waals surface area (Å²) in [6.45, 7) is 3.81. The first-order valence-corrected chi connectivity index (χ1v) is 10.1. The third-order valence-corrected chi connectivity index (χ3v) is 5.04. The van der Waals surface area contributed by atoms with Crippen molar-refractivity contribution in [2.75, 3.05) is 6.61 Å². The van der Waals surface area contributed by atoms with Crippen LogP contribution in [0.3, 0.4) is 0 Å². The fourth-order valence-electron chi connectivity index (χ4n) is 3.55. The summed E-state index contributed by atoms with van der Waals surface area (Å²) in [7, 11) is 0. The van der Waals surface area contributed by atoms with Crippen LogP contribution >= 0.6 is 0 Å². The minimum absolute atomic E-state index is 0.248. The average Bonchev–Trinajstić information content (AvgIpc) is 2.80. The van der Waals surface area contributed by atoms with E-state index in [0.717, 1.165) is 16.5 Å². The zero-order valence-corrected chi connectivity index (χ0v) is 17.3. The number of rotatable bonds is 6. The lowest BCUT2D eigenvalue weighted by Gasteiger charge is -2.20. The van der Waals surface area contributed by atoms with Crippen molar-refractivity contribution < 1.29 is 18.7 Å². The molecule has 156 valence electrons. The molecular weight excluding hydrogens is 392 g/mol. The Balaban J connectivity index is 1.80. The van der Waals surface area contributed by atoms with Crippen molar-refractivity contribution in [3.63, 3.8) is 0 Å². The number of aryl methyl sites for hydroxylation is 1. The Morgan fingerprint density at radius 3 is 2.32 bits per heavy atom. The first-order chi connectivity index (χ1) is 15.1. The molecule has 5 heteroatoms. The van der Waals surface area contributed by atoms with Crippen LogP contribution in [0.25, 0.3) is 22.1 Å². The first-order valence-electron chi connectivity index (χ1n) is 10.1. The molecule has 0 bridgehead atoms. The van der Waals surface area contributed by atoms with Crippen molar-refractivity contribution in [1.29, 1.82) is 0 Å². The van der Waals surface area contributed by atoms with Gasteiger partial charge in [0.25, 0.3) is 0 Å². The number of carbonyl (C=O) groups excluding carboxylic acids is 1. The van der Waals surface area contributed by atoms with Crippen molar-refractivity contribution in [3.05, 3.63) is 100 Å². The predicted molar refractivity (Wildman–Crippen MR) is 119 cm³/mol. The van der Waals surface area contributed by atoms with Crippen LogP contribution in [0, 0.1) is 6.92 Å². The first kappa shape index (κ1) is 20.4. The summed E-state index contributed by atoms with van der Waals surface area (Å²) in [6, 6.07) is 23.9. The molecule has 0 aliphatic heterocycles. The summed E-state index contributed by atoms with van der Waals surface area (Å²) in [5.74, 6) is -0.0320. The minimum Gasteiger partial charge on any atom is -0.474 e. The molecule has 4 aromatic rings. The van der Waals surface area contributed by atoms with Crippen molar-refractivity contribution in [3.8, 4) is 16.9 Å². The lowest BCUT2D eigenvalue weighted by molar-refractivity contribution is -0.151. The second kappa shape index (κ2) is 8.88. The summed E-state index contributed by atoms with van der Waals surface area (Å²) < 4.78 is 16.9. The van der Waals surface area contributed by atoms with Gasteiger partial charge in [-0.3, -0.25) is 0 Å². The number of esters is 1. The number of ether oxygens (including phenoxy) is 2. The monoisotopic (exact) mass is 414 g/mol. The van der Waals surface area contributed by atoms with Crippen LogP contribution in [0.1, 0.15) is 24.2 Å². The Hall–Kier alpha value is -3.86.